The van der Waals surface area contributed by atoms with Crippen molar-refractivity contribution in [2.75, 3.05) is 18.6 Å². The Kier molecular flexibility index (Phi) is 4.71. The second-order valence-electron chi connectivity index (χ2n) is 7.45. The van der Waals surface area contributed by atoms with Gasteiger partial charge in [0.1, 0.15) is 11.3 Å². The Hall–Kier alpha value is -4.00. The Balaban J connectivity index is 1.50. The summed E-state index contributed by atoms with van der Waals surface area (Å²) >= 11 is 0. The lowest BCUT2D eigenvalue weighted by atomic mass is 10.0. The molecule has 1 N–H and O–H groups in total. The van der Waals surface area contributed by atoms with Crippen LogP contribution in [0, 0.1) is 0 Å². The average molecular weight is 412 g/mol. The third-order valence-corrected chi connectivity index (χ3v) is 5.57. The number of nitrogens with zero attached hydrogens (tertiary/aromatic N) is 3. The number of amides is 1. The molecular formula is C24H20N4O3. The molecule has 1 fully saturated rings. The first-order chi connectivity index (χ1) is 15.1. The van der Waals surface area contributed by atoms with Gasteiger partial charge in [-0.05, 0) is 47.9 Å². The van der Waals surface area contributed by atoms with E-state index >= 15 is 0 Å². The maximum absolute atomic E-state index is 12.0. The van der Waals surface area contributed by atoms with E-state index in [0.717, 1.165) is 46.3 Å². The Bertz CT molecular complexity index is 1290. The number of ether oxygens (including phenoxy) is 1. The number of pyridine rings is 2. The van der Waals surface area contributed by atoms with Crippen LogP contribution in [-0.2, 0) is 9.53 Å². The van der Waals surface area contributed by atoms with Gasteiger partial charge in [0.15, 0.2) is 0 Å². The van der Waals surface area contributed by atoms with E-state index < -0.39 is 5.97 Å². The molecule has 0 spiro atoms. The van der Waals surface area contributed by atoms with Crippen LogP contribution in [0.25, 0.3) is 33.3 Å². The predicted molar refractivity (Wildman–Crippen MR) is 118 cm³/mol. The summed E-state index contributed by atoms with van der Waals surface area (Å²) in [5, 5.41) is 0.824. The maximum atomic E-state index is 12.0. The summed E-state index contributed by atoms with van der Waals surface area (Å²) in [7, 11) is 1.35. The molecular weight excluding hydrogens is 392 g/mol. The Morgan fingerprint density at radius 3 is 2.61 bits per heavy atom. The molecule has 1 aliphatic heterocycles. The Labute approximate surface area is 178 Å². The number of H-pyrrole nitrogens is 1. The molecule has 0 unspecified atom stereocenters. The molecule has 0 atom stereocenters. The third kappa shape index (κ3) is 3.44. The van der Waals surface area contributed by atoms with Crippen molar-refractivity contribution >= 4 is 28.6 Å². The van der Waals surface area contributed by atoms with Gasteiger partial charge < -0.3 is 14.6 Å². The molecule has 4 heterocycles. The number of aromatic amines is 1. The smallest absolute Gasteiger partial charge is 0.354 e. The normalized spacial score (nSPS) is 13.7. The number of benzene rings is 1. The zero-order chi connectivity index (χ0) is 21.4. The van der Waals surface area contributed by atoms with E-state index in [4.69, 9.17) is 4.74 Å². The summed E-state index contributed by atoms with van der Waals surface area (Å²) in [4.78, 5) is 37.5. The molecule has 1 aromatic carbocycles. The number of carbonyl (C=O) groups is 2. The summed E-state index contributed by atoms with van der Waals surface area (Å²) in [5.41, 5.74) is 5.71. The number of methoxy groups -OCH3 is 1. The number of anilines is 1. The number of fused-ring (bicyclic) bond motifs is 1. The summed E-state index contributed by atoms with van der Waals surface area (Å²) in [5.74, 6) is -0.261. The van der Waals surface area contributed by atoms with Crippen molar-refractivity contribution in [1.82, 2.24) is 15.0 Å². The topological polar surface area (TPSA) is 88.2 Å². The van der Waals surface area contributed by atoms with E-state index in [2.05, 4.69) is 21.0 Å². The minimum absolute atomic E-state index is 0.177. The second-order valence-corrected chi connectivity index (χ2v) is 7.45. The van der Waals surface area contributed by atoms with E-state index in [0.29, 0.717) is 17.8 Å². The number of rotatable bonds is 4. The van der Waals surface area contributed by atoms with Crippen molar-refractivity contribution in [3.05, 3.63) is 66.7 Å². The summed E-state index contributed by atoms with van der Waals surface area (Å²) in [6, 6.07) is 13.7. The molecule has 0 radical (unpaired) electrons. The standard InChI is InChI=1S/C24H20N4O3/c1-31-24(30)21-12-20-19(8-9-26-23(20)27-21)17-11-16(13-25-14-17)15-4-6-18(7-5-15)28-10-2-3-22(28)29/h4-9,11-14H,2-3,10H2,1H3,(H,26,27). The molecule has 5 rings (SSSR count). The van der Waals surface area contributed by atoms with Crippen LogP contribution in [0.5, 0.6) is 0 Å². The number of aromatic nitrogens is 3. The molecule has 154 valence electrons. The molecule has 31 heavy (non-hydrogen) atoms. The fraction of sp³-hybridized carbons (Fsp3) is 0.167. The Morgan fingerprint density at radius 2 is 1.87 bits per heavy atom. The van der Waals surface area contributed by atoms with Gasteiger partial charge in [-0.15, -0.1) is 0 Å². The van der Waals surface area contributed by atoms with Gasteiger partial charge in [0.25, 0.3) is 0 Å². The lowest BCUT2D eigenvalue weighted by molar-refractivity contribution is -0.117. The molecule has 1 amide bonds. The number of hydrogen-bond acceptors (Lipinski definition) is 5. The predicted octanol–water partition coefficient (Wildman–Crippen LogP) is 4.21. The van der Waals surface area contributed by atoms with Crippen LogP contribution < -0.4 is 4.90 Å². The lowest BCUT2D eigenvalue weighted by Crippen LogP contribution is -2.23. The van der Waals surface area contributed by atoms with Crippen molar-refractivity contribution in [3.63, 3.8) is 0 Å². The Morgan fingerprint density at radius 1 is 1.06 bits per heavy atom. The monoisotopic (exact) mass is 412 g/mol. The van der Waals surface area contributed by atoms with E-state index in [1.807, 2.05) is 41.4 Å². The number of esters is 1. The van der Waals surface area contributed by atoms with Crippen LogP contribution >= 0.6 is 0 Å². The SMILES string of the molecule is COC(=O)c1cc2c(-c3cncc(-c4ccc(N5CCCC5=O)cc4)c3)ccnc2[nH]1. The summed E-state index contributed by atoms with van der Waals surface area (Å²) in [6.45, 7) is 0.775. The molecule has 0 bridgehead atoms. The van der Waals surface area contributed by atoms with E-state index in [1.165, 1.54) is 7.11 Å². The van der Waals surface area contributed by atoms with Crippen molar-refractivity contribution < 1.29 is 14.3 Å². The number of nitrogens with one attached hydrogen (secondary N) is 1. The zero-order valence-electron chi connectivity index (χ0n) is 17.0. The highest BCUT2D eigenvalue weighted by molar-refractivity contribution is 6.00. The van der Waals surface area contributed by atoms with E-state index in [1.54, 1.807) is 18.5 Å². The fourth-order valence-electron chi connectivity index (χ4n) is 4.00. The first-order valence-electron chi connectivity index (χ1n) is 10.1. The van der Waals surface area contributed by atoms with E-state index in [-0.39, 0.29) is 5.91 Å². The van der Waals surface area contributed by atoms with Gasteiger partial charge in [-0.2, -0.15) is 0 Å². The highest BCUT2D eigenvalue weighted by Gasteiger charge is 2.21. The van der Waals surface area contributed by atoms with Gasteiger partial charge in [0, 0.05) is 53.8 Å². The highest BCUT2D eigenvalue weighted by atomic mass is 16.5. The van der Waals surface area contributed by atoms with Crippen LogP contribution in [0.15, 0.2) is 61.1 Å². The van der Waals surface area contributed by atoms with Gasteiger partial charge in [-0.3, -0.25) is 9.78 Å². The van der Waals surface area contributed by atoms with Gasteiger partial charge in [-0.1, -0.05) is 12.1 Å². The van der Waals surface area contributed by atoms with Crippen LogP contribution in [0.2, 0.25) is 0 Å². The molecule has 0 saturated carbocycles. The average Bonchev–Trinajstić information content (AvgIpc) is 3.45. The quantitative estimate of drug-likeness (QED) is 0.508. The van der Waals surface area contributed by atoms with Crippen LogP contribution in [-0.4, -0.2) is 40.5 Å². The minimum atomic E-state index is -0.438. The first-order valence-corrected chi connectivity index (χ1v) is 10.1. The minimum Gasteiger partial charge on any atom is -0.464 e. The maximum Gasteiger partial charge on any atom is 0.354 e. The van der Waals surface area contributed by atoms with Crippen LogP contribution in [0.1, 0.15) is 23.3 Å². The summed E-state index contributed by atoms with van der Waals surface area (Å²) in [6.07, 6.45) is 6.83. The largest absolute Gasteiger partial charge is 0.464 e. The third-order valence-electron chi connectivity index (χ3n) is 5.57. The highest BCUT2D eigenvalue weighted by Crippen LogP contribution is 2.31. The number of hydrogen-bond donors (Lipinski definition) is 1. The van der Waals surface area contributed by atoms with Crippen molar-refractivity contribution in [1.29, 1.82) is 0 Å². The molecule has 7 heteroatoms. The molecule has 0 aliphatic carbocycles. The zero-order valence-corrected chi connectivity index (χ0v) is 17.0. The second kappa shape index (κ2) is 7.68. The van der Waals surface area contributed by atoms with Crippen molar-refractivity contribution in [2.24, 2.45) is 0 Å². The molecule has 3 aromatic heterocycles. The molecule has 7 nitrogen and oxygen atoms in total. The number of carbonyl (C=O) groups excluding carboxylic acids is 2. The first kappa shape index (κ1) is 19.0. The van der Waals surface area contributed by atoms with Gasteiger partial charge in [-0.25, -0.2) is 9.78 Å². The van der Waals surface area contributed by atoms with Gasteiger partial charge in [0.2, 0.25) is 5.91 Å². The van der Waals surface area contributed by atoms with Crippen molar-refractivity contribution in [3.8, 4) is 22.3 Å². The fourth-order valence-corrected chi connectivity index (χ4v) is 4.00. The summed E-state index contributed by atoms with van der Waals surface area (Å²) < 4.78 is 4.81. The van der Waals surface area contributed by atoms with E-state index in [9.17, 15) is 9.59 Å². The molecule has 4 aromatic rings. The van der Waals surface area contributed by atoms with Crippen LogP contribution in [0.3, 0.4) is 0 Å². The molecule has 1 saturated heterocycles. The van der Waals surface area contributed by atoms with Gasteiger partial charge in [0.05, 0.1) is 7.11 Å². The lowest BCUT2D eigenvalue weighted by Gasteiger charge is -2.16. The van der Waals surface area contributed by atoms with Gasteiger partial charge >= 0.3 is 5.97 Å². The van der Waals surface area contributed by atoms with Crippen LogP contribution in [0.4, 0.5) is 5.69 Å². The van der Waals surface area contributed by atoms with Crippen molar-refractivity contribution in [2.45, 2.75) is 12.8 Å². The molecule has 1 aliphatic rings.